The number of rotatable bonds is 3. The summed E-state index contributed by atoms with van der Waals surface area (Å²) >= 11 is 0. The van der Waals surface area contributed by atoms with Crippen LogP contribution in [0.3, 0.4) is 0 Å². The van der Waals surface area contributed by atoms with E-state index in [-0.39, 0.29) is 5.78 Å². The van der Waals surface area contributed by atoms with Gasteiger partial charge in [0.15, 0.2) is 11.6 Å². The van der Waals surface area contributed by atoms with E-state index < -0.39 is 5.92 Å². The van der Waals surface area contributed by atoms with Gasteiger partial charge in [-0.25, -0.2) is 4.99 Å². The van der Waals surface area contributed by atoms with Gasteiger partial charge in [-0.05, 0) is 49.6 Å². The Morgan fingerprint density at radius 1 is 1.19 bits per heavy atom. The number of aliphatic imine (C=N–C) groups is 1. The summed E-state index contributed by atoms with van der Waals surface area (Å²) in [4.78, 5) is 19.8. The number of carbonyl (C=O) groups excluding carboxylic acids is 1. The van der Waals surface area contributed by atoms with Crippen molar-refractivity contribution in [3.63, 3.8) is 0 Å². The summed E-state index contributed by atoms with van der Waals surface area (Å²) in [5.74, 6) is 1.29. The van der Waals surface area contributed by atoms with Crippen LogP contribution in [0.15, 0.2) is 76.2 Å². The number of nitrogens with two attached hydrogens (primary N) is 1. The zero-order valence-corrected chi connectivity index (χ0v) is 17.3. The number of benzene rings is 2. The highest BCUT2D eigenvalue weighted by Gasteiger charge is 2.42. The molecule has 0 unspecified atom stereocenters. The zero-order chi connectivity index (χ0) is 21.5. The first-order valence-electron chi connectivity index (χ1n) is 10.5. The second kappa shape index (κ2) is 7.44. The molecule has 6 heteroatoms. The number of ether oxygens (including phenoxy) is 1. The van der Waals surface area contributed by atoms with E-state index in [1.54, 1.807) is 0 Å². The maximum Gasteiger partial charge on any atom is 0.161 e. The summed E-state index contributed by atoms with van der Waals surface area (Å²) in [6, 6.07) is 17.7. The van der Waals surface area contributed by atoms with E-state index in [2.05, 4.69) is 11.1 Å². The van der Waals surface area contributed by atoms with Crippen LogP contribution in [0.2, 0.25) is 0 Å². The lowest BCUT2D eigenvalue weighted by Gasteiger charge is -2.41. The van der Waals surface area contributed by atoms with Gasteiger partial charge in [-0.1, -0.05) is 24.3 Å². The molecule has 0 spiro atoms. The topological polar surface area (TPSA) is 91.7 Å². The van der Waals surface area contributed by atoms with Crippen LogP contribution >= 0.6 is 0 Å². The Morgan fingerprint density at radius 2 is 1.97 bits per heavy atom. The van der Waals surface area contributed by atoms with E-state index in [1.807, 2.05) is 60.4 Å². The summed E-state index contributed by atoms with van der Waals surface area (Å²) in [5.41, 5.74) is 10.9. The molecule has 3 aliphatic rings. The number of hydrogen-bond acceptors (Lipinski definition) is 6. The van der Waals surface area contributed by atoms with Crippen LogP contribution in [0, 0.1) is 11.3 Å². The van der Waals surface area contributed by atoms with Gasteiger partial charge in [-0.2, -0.15) is 5.26 Å². The quantitative estimate of drug-likeness (QED) is 0.821. The zero-order valence-electron chi connectivity index (χ0n) is 17.3. The van der Waals surface area contributed by atoms with Gasteiger partial charge < -0.3 is 10.5 Å². The fourth-order valence-electron chi connectivity index (χ4n) is 4.73. The molecule has 2 N–H and O–H groups in total. The van der Waals surface area contributed by atoms with Gasteiger partial charge in [0.1, 0.15) is 11.6 Å². The number of hydrogen-bond donors (Lipinski definition) is 1. The summed E-state index contributed by atoms with van der Waals surface area (Å²) in [6.45, 7) is 2.51. The second-order valence-corrected chi connectivity index (χ2v) is 7.77. The smallest absolute Gasteiger partial charge is 0.161 e. The standard InChI is InChI=1S/C25H22N4O2/c1-2-31-16-12-10-15(11-13-16)22-18(14-26)25-28-24(27)17-6-3-4-7-19(17)29(25)20-8-5-9-21(30)23(20)22/h3-4,6-7,10-13,22H,2,5,8-9H2,1H3,(H2,27,28)/t22-/m0/s1. The van der Waals surface area contributed by atoms with Gasteiger partial charge >= 0.3 is 0 Å². The summed E-state index contributed by atoms with van der Waals surface area (Å²) < 4.78 is 5.57. The highest BCUT2D eigenvalue weighted by atomic mass is 16.5. The number of para-hydroxylation sites is 1. The molecule has 31 heavy (non-hydrogen) atoms. The van der Waals surface area contributed by atoms with Crippen molar-refractivity contribution < 1.29 is 9.53 Å². The summed E-state index contributed by atoms with van der Waals surface area (Å²) in [5, 5.41) is 10.2. The molecule has 0 saturated carbocycles. The largest absolute Gasteiger partial charge is 0.494 e. The Morgan fingerprint density at radius 3 is 2.71 bits per heavy atom. The third-order valence-electron chi connectivity index (χ3n) is 6.02. The number of fused-ring (bicyclic) bond motifs is 4. The lowest BCUT2D eigenvalue weighted by Crippen LogP contribution is -2.39. The van der Waals surface area contributed by atoms with Gasteiger partial charge in [0.05, 0.1) is 29.9 Å². The minimum Gasteiger partial charge on any atom is -0.494 e. The van der Waals surface area contributed by atoms with E-state index in [0.29, 0.717) is 35.8 Å². The number of nitriles is 1. The van der Waals surface area contributed by atoms with Crippen LogP contribution in [0.5, 0.6) is 5.75 Å². The predicted molar refractivity (Wildman–Crippen MR) is 119 cm³/mol. The highest BCUT2D eigenvalue weighted by Crippen LogP contribution is 2.49. The van der Waals surface area contributed by atoms with Crippen molar-refractivity contribution in [2.24, 2.45) is 10.7 Å². The Bertz CT molecular complexity index is 1210. The van der Waals surface area contributed by atoms with Crippen LogP contribution in [-0.4, -0.2) is 18.2 Å². The number of Topliss-reactive ketones (excluding diaryl/α,β-unsaturated/α-hetero) is 1. The van der Waals surface area contributed by atoms with Crippen LogP contribution in [0.1, 0.15) is 43.2 Å². The molecule has 5 rings (SSSR count). The first-order chi connectivity index (χ1) is 15.1. The maximum absolute atomic E-state index is 13.2. The molecule has 2 aromatic rings. The number of anilines is 1. The van der Waals surface area contributed by atoms with E-state index in [4.69, 9.17) is 10.5 Å². The fraction of sp³-hybridized carbons (Fsp3) is 0.240. The minimum atomic E-state index is -0.462. The molecular weight excluding hydrogens is 388 g/mol. The van der Waals surface area contributed by atoms with Gasteiger partial charge in [0.25, 0.3) is 0 Å². The molecule has 154 valence electrons. The van der Waals surface area contributed by atoms with E-state index >= 15 is 0 Å². The van der Waals surface area contributed by atoms with Crippen molar-refractivity contribution in [2.45, 2.75) is 32.1 Å². The monoisotopic (exact) mass is 410 g/mol. The minimum absolute atomic E-state index is 0.0898. The van der Waals surface area contributed by atoms with Gasteiger partial charge in [0.2, 0.25) is 0 Å². The van der Waals surface area contributed by atoms with Crippen molar-refractivity contribution in [1.82, 2.24) is 0 Å². The average molecular weight is 410 g/mol. The molecule has 6 nitrogen and oxygen atoms in total. The Hall–Kier alpha value is -3.85. The summed E-state index contributed by atoms with van der Waals surface area (Å²) in [6.07, 6.45) is 2.02. The van der Waals surface area contributed by atoms with Gasteiger partial charge in [0, 0.05) is 23.3 Å². The molecule has 0 radical (unpaired) electrons. The second-order valence-electron chi connectivity index (χ2n) is 7.77. The Balaban J connectivity index is 1.76. The molecule has 2 aliphatic heterocycles. The molecule has 0 fully saturated rings. The third-order valence-corrected chi connectivity index (χ3v) is 6.02. The molecule has 0 saturated heterocycles. The molecule has 2 heterocycles. The van der Waals surface area contributed by atoms with Crippen molar-refractivity contribution in [1.29, 1.82) is 5.26 Å². The molecule has 1 atom stereocenters. The lowest BCUT2D eigenvalue weighted by molar-refractivity contribution is -0.116. The summed E-state index contributed by atoms with van der Waals surface area (Å²) in [7, 11) is 0. The molecule has 1 aliphatic carbocycles. The fourth-order valence-corrected chi connectivity index (χ4v) is 4.73. The normalized spacial score (nSPS) is 19.9. The van der Waals surface area contributed by atoms with Crippen molar-refractivity contribution in [3.8, 4) is 11.8 Å². The van der Waals surface area contributed by atoms with Crippen molar-refractivity contribution in [2.75, 3.05) is 11.5 Å². The van der Waals surface area contributed by atoms with E-state index in [0.717, 1.165) is 41.1 Å². The average Bonchev–Trinajstić information content (AvgIpc) is 2.79. The molecular formula is C25H22N4O2. The highest BCUT2D eigenvalue weighted by molar-refractivity contribution is 6.08. The number of carbonyl (C=O) groups is 1. The third kappa shape index (κ3) is 2.93. The molecule has 0 amide bonds. The van der Waals surface area contributed by atoms with Crippen LogP contribution in [0.25, 0.3) is 0 Å². The lowest BCUT2D eigenvalue weighted by atomic mass is 9.75. The van der Waals surface area contributed by atoms with Crippen molar-refractivity contribution >= 4 is 17.3 Å². The van der Waals surface area contributed by atoms with E-state index in [1.165, 1.54) is 0 Å². The first kappa shape index (κ1) is 19.1. The number of amidine groups is 1. The molecule has 2 aromatic carbocycles. The van der Waals surface area contributed by atoms with Crippen LogP contribution in [-0.2, 0) is 4.79 Å². The van der Waals surface area contributed by atoms with Crippen LogP contribution < -0.4 is 15.4 Å². The number of allylic oxidation sites excluding steroid dienone is 3. The Kier molecular flexibility index (Phi) is 4.59. The SMILES string of the molecule is CCOc1ccc([C@H]2C(C#N)=C3N=C(N)c4ccccc4N3C3=C2C(=O)CCC3)cc1. The molecule has 0 aromatic heterocycles. The van der Waals surface area contributed by atoms with Gasteiger partial charge in [-0.3, -0.25) is 9.69 Å². The number of nitrogens with zero attached hydrogens (tertiary/aromatic N) is 3. The molecule has 0 bridgehead atoms. The van der Waals surface area contributed by atoms with Crippen LogP contribution in [0.4, 0.5) is 5.69 Å². The van der Waals surface area contributed by atoms with Gasteiger partial charge in [-0.15, -0.1) is 0 Å². The first-order valence-corrected chi connectivity index (χ1v) is 10.5. The maximum atomic E-state index is 13.2. The number of ketones is 1. The van der Waals surface area contributed by atoms with Crippen molar-refractivity contribution in [3.05, 3.63) is 82.3 Å². The predicted octanol–water partition coefficient (Wildman–Crippen LogP) is 4.15. The van der Waals surface area contributed by atoms with E-state index in [9.17, 15) is 10.1 Å². The Labute approximate surface area is 180 Å².